The van der Waals surface area contributed by atoms with Gasteiger partial charge in [0.25, 0.3) is 5.91 Å². The Bertz CT molecular complexity index is 1090. The monoisotopic (exact) mass is 451 g/mol. The van der Waals surface area contributed by atoms with Crippen LogP contribution in [-0.2, 0) is 6.54 Å². The Kier molecular flexibility index (Phi) is 6.81. The Morgan fingerprint density at radius 1 is 1.12 bits per heavy atom. The lowest BCUT2D eigenvalue weighted by Crippen LogP contribution is -2.41. The molecule has 0 spiro atoms. The molecule has 1 aliphatic heterocycles. The Hall–Kier alpha value is -3.25. The Morgan fingerprint density at radius 2 is 1.94 bits per heavy atom. The normalized spacial score (nSPS) is 15.9. The van der Waals surface area contributed by atoms with Gasteiger partial charge in [0.1, 0.15) is 11.5 Å². The summed E-state index contributed by atoms with van der Waals surface area (Å²) in [7, 11) is 0. The van der Waals surface area contributed by atoms with E-state index in [9.17, 15) is 9.59 Å². The predicted octanol–water partition coefficient (Wildman–Crippen LogP) is 5.58. The van der Waals surface area contributed by atoms with E-state index in [1.165, 1.54) is 0 Å². The summed E-state index contributed by atoms with van der Waals surface area (Å²) in [5.74, 6) is 1.58. The summed E-state index contributed by atoms with van der Waals surface area (Å²) in [6.45, 7) is 3.53. The number of benzene rings is 2. The molecule has 2 aromatic carbocycles. The average molecular weight is 452 g/mol. The van der Waals surface area contributed by atoms with Crippen molar-refractivity contribution in [1.29, 1.82) is 0 Å². The molecule has 1 fully saturated rings. The SMILES string of the molecule is Cc1ccc(CNC(=O)c2cccc(C3CCCN(C(=O)Nc4ccc(Cl)cc4)C3)c2)o1. The highest BCUT2D eigenvalue weighted by molar-refractivity contribution is 6.30. The molecule has 1 atom stereocenters. The lowest BCUT2D eigenvalue weighted by atomic mass is 9.89. The summed E-state index contributed by atoms with van der Waals surface area (Å²) in [5, 5.41) is 6.46. The summed E-state index contributed by atoms with van der Waals surface area (Å²) in [5.41, 5.74) is 2.39. The van der Waals surface area contributed by atoms with Crippen LogP contribution in [0.25, 0.3) is 0 Å². The second-order valence-electron chi connectivity index (χ2n) is 8.04. The van der Waals surface area contributed by atoms with Gasteiger partial charge in [0.05, 0.1) is 6.54 Å². The van der Waals surface area contributed by atoms with Crippen molar-refractivity contribution in [2.24, 2.45) is 0 Å². The molecule has 166 valence electrons. The molecule has 0 aliphatic carbocycles. The van der Waals surface area contributed by atoms with E-state index in [4.69, 9.17) is 16.0 Å². The van der Waals surface area contributed by atoms with E-state index in [2.05, 4.69) is 10.6 Å². The fraction of sp³-hybridized carbons (Fsp3) is 0.280. The second kappa shape index (κ2) is 9.92. The number of nitrogens with one attached hydrogen (secondary N) is 2. The van der Waals surface area contributed by atoms with E-state index in [1.54, 1.807) is 30.3 Å². The summed E-state index contributed by atoms with van der Waals surface area (Å²) < 4.78 is 5.51. The number of urea groups is 1. The van der Waals surface area contributed by atoms with Crippen LogP contribution in [0.15, 0.2) is 65.1 Å². The van der Waals surface area contributed by atoms with Gasteiger partial charge in [-0.25, -0.2) is 4.79 Å². The zero-order valence-corrected chi connectivity index (χ0v) is 18.7. The number of amides is 3. The number of carbonyl (C=O) groups is 2. The summed E-state index contributed by atoms with van der Waals surface area (Å²) in [6, 6.07) is 18.3. The molecular formula is C25H26ClN3O3. The number of hydrogen-bond acceptors (Lipinski definition) is 3. The minimum Gasteiger partial charge on any atom is -0.465 e. The minimum absolute atomic E-state index is 0.125. The largest absolute Gasteiger partial charge is 0.465 e. The smallest absolute Gasteiger partial charge is 0.321 e. The van der Waals surface area contributed by atoms with Crippen LogP contribution in [0.1, 0.15) is 46.2 Å². The number of furan rings is 1. The van der Waals surface area contributed by atoms with Gasteiger partial charge in [-0.1, -0.05) is 23.7 Å². The number of nitrogens with zero attached hydrogens (tertiary/aromatic N) is 1. The van der Waals surface area contributed by atoms with Crippen LogP contribution < -0.4 is 10.6 Å². The maximum atomic E-state index is 12.7. The molecule has 1 aliphatic rings. The van der Waals surface area contributed by atoms with Gasteiger partial charge in [0.15, 0.2) is 0 Å². The van der Waals surface area contributed by atoms with Crippen LogP contribution in [0.4, 0.5) is 10.5 Å². The summed E-state index contributed by atoms with van der Waals surface area (Å²) in [4.78, 5) is 27.2. The second-order valence-corrected chi connectivity index (χ2v) is 8.48. The van der Waals surface area contributed by atoms with Gasteiger partial charge in [0, 0.05) is 35.3 Å². The van der Waals surface area contributed by atoms with E-state index < -0.39 is 0 Å². The number of carbonyl (C=O) groups excluding carboxylic acids is 2. The maximum absolute atomic E-state index is 12.7. The number of halogens is 1. The molecule has 0 radical (unpaired) electrons. The average Bonchev–Trinajstić information content (AvgIpc) is 3.24. The van der Waals surface area contributed by atoms with Gasteiger partial charge in [0.2, 0.25) is 0 Å². The predicted molar refractivity (Wildman–Crippen MR) is 125 cm³/mol. The van der Waals surface area contributed by atoms with Crippen LogP contribution in [0.5, 0.6) is 0 Å². The summed E-state index contributed by atoms with van der Waals surface area (Å²) in [6.07, 6.45) is 1.88. The van der Waals surface area contributed by atoms with Crippen molar-refractivity contribution in [2.75, 3.05) is 18.4 Å². The first-order chi connectivity index (χ1) is 15.5. The molecule has 3 aromatic rings. The molecular weight excluding hydrogens is 426 g/mol. The van der Waals surface area contributed by atoms with E-state index in [1.807, 2.05) is 42.2 Å². The number of piperidine rings is 1. The van der Waals surface area contributed by atoms with E-state index in [0.717, 1.165) is 29.9 Å². The van der Waals surface area contributed by atoms with Crippen molar-refractivity contribution in [1.82, 2.24) is 10.2 Å². The van der Waals surface area contributed by atoms with Crippen LogP contribution in [0.2, 0.25) is 5.02 Å². The zero-order valence-electron chi connectivity index (χ0n) is 17.9. The first kappa shape index (κ1) is 22.0. The molecule has 0 bridgehead atoms. The van der Waals surface area contributed by atoms with Crippen molar-refractivity contribution in [3.05, 3.63) is 88.3 Å². The highest BCUT2D eigenvalue weighted by atomic mass is 35.5. The third-order valence-electron chi connectivity index (χ3n) is 5.64. The first-order valence-corrected chi connectivity index (χ1v) is 11.1. The third kappa shape index (κ3) is 5.51. The Balaban J connectivity index is 1.38. The van der Waals surface area contributed by atoms with Crippen molar-refractivity contribution < 1.29 is 14.0 Å². The number of rotatable bonds is 5. The molecule has 1 unspecified atom stereocenters. The van der Waals surface area contributed by atoms with E-state index >= 15 is 0 Å². The van der Waals surface area contributed by atoms with Gasteiger partial charge < -0.3 is 20.0 Å². The van der Waals surface area contributed by atoms with Crippen LogP contribution in [0, 0.1) is 6.92 Å². The van der Waals surface area contributed by atoms with Gasteiger partial charge in [-0.2, -0.15) is 0 Å². The standard InChI is InChI=1S/C25H26ClN3O3/c1-17-7-12-23(32-17)15-27-24(30)19-5-2-4-18(14-19)20-6-3-13-29(16-20)25(31)28-22-10-8-21(26)9-11-22/h2,4-5,7-12,14,20H,3,6,13,15-16H2,1H3,(H,27,30)(H,28,31). The molecule has 32 heavy (non-hydrogen) atoms. The number of anilines is 1. The lowest BCUT2D eigenvalue weighted by Gasteiger charge is -2.33. The molecule has 3 amide bonds. The molecule has 1 saturated heterocycles. The van der Waals surface area contributed by atoms with Crippen molar-refractivity contribution in [3.63, 3.8) is 0 Å². The molecule has 2 N–H and O–H groups in total. The highest BCUT2D eigenvalue weighted by Crippen LogP contribution is 2.28. The Labute approximate surface area is 192 Å². The zero-order chi connectivity index (χ0) is 22.5. The maximum Gasteiger partial charge on any atom is 0.321 e. The van der Waals surface area contributed by atoms with Crippen LogP contribution in [0.3, 0.4) is 0 Å². The topological polar surface area (TPSA) is 74.6 Å². The highest BCUT2D eigenvalue weighted by Gasteiger charge is 2.25. The van der Waals surface area contributed by atoms with E-state index in [0.29, 0.717) is 35.9 Å². The number of hydrogen-bond donors (Lipinski definition) is 2. The molecule has 7 heteroatoms. The van der Waals surface area contributed by atoms with E-state index in [-0.39, 0.29) is 17.9 Å². The van der Waals surface area contributed by atoms with Crippen molar-refractivity contribution >= 4 is 29.2 Å². The fourth-order valence-corrected chi connectivity index (χ4v) is 4.08. The minimum atomic E-state index is -0.144. The molecule has 1 aromatic heterocycles. The molecule has 0 saturated carbocycles. The molecule has 6 nitrogen and oxygen atoms in total. The molecule has 4 rings (SSSR count). The van der Waals surface area contributed by atoms with Crippen LogP contribution in [-0.4, -0.2) is 29.9 Å². The van der Waals surface area contributed by atoms with Gasteiger partial charge >= 0.3 is 6.03 Å². The fourth-order valence-electron chi connectivity index (χ4n) is 3.95. The van der Waals surface area contributed by atoms with Gasteiger partial charge in [-0.05, 0) is 73.9 Å². The lowest BCUT2D eigenvalue weighted by molar-refractivity contribution is 0.0947. The summed E-state index contributed by atoms with van der Waals surface area (Å²) >= 11 is 5.91. The molecule has 2 heterocycles. The van der Waals surface area contributed by atoms with Crippen LogP contribution >= 0.6 is 11.6 Å². The first-order valence-electron chi connectivity index (χ1n) is 10.7. The third-order valence-corrected chi connectivity index (χ3v) is 5.90. The van der Waals surface area contributed by atoms with Crippen molar-refractivity contribution in [2.45, 2.75) is 32.2 Å². The van der Waals surface area contributed by atoms with Gasteiger partial charge in [-0.15, -0.1) is 0 Å². The number of likely N-dealkylation sites (tertiary alicyclic amines) is 1. The van der Waals surface area contributed by atoms with Crippen molar-refractivity contribution in [3.8, 4) is 0 Å². The number of aryl methyl sites for hydroxylation is 1. The Morgan fingerprint density at radius 3 is 2.69 bits per heavy atom. The quantitative estimate of drug-likeness (QED) is 0.531. The van der Waals surface area contributed by atoms with Gasteiger partial charge in [-0.3, -0.25) is 4.79 Å².